The average molecular weight is 242 g/mol. The van der Waals surface area contributed by atoms with Gasteiger partial charge in [0.1, 0.15) is 18.0 Å². The van der Waals surface area contributed by atoms with Crippen molar-refractivity contribution in [1.82, 2.24) is 9.97 Å². The Morgan fingerprint density at radius 1 is 1.22 bits per heavy atom. The van der Waals surface area contributed by atoms with Crippen molar-refractivity contribution < 1.29 is 0 Å². The van der Waals surface area contributed by atoms with Crippen molar-refractivity contribution in [2.45, 2.75) is 26.3 Å². The molecule has 1 atom stereocenters. The molecule has 1 aromatic carbocycles. The van der Waals surface area contributed by atoms with Crippen LogP contribution in [0.4, 0.5) is 11.6 Å². The van der Waals surface area contributed by atoms with Gasteiger partial charge in [0.2, 0.25) is 0 Å². The first-order valence-electron chi connectivity index (χ1n) is 6.13. The maximum atomic E-state index is 5.86. The van der Waals surface area contributed by atoms with Gasteiger partial charge in [0.15, 0.2) is 0 Å². The van der Waals surface area contributed by atoms with Crippen LogP contribution >= 0.6 is 0 Å². The van der Waals surface area contributed by atoms with Crippen molar-refractivity contribution in [2.24, 2.45) is 0 Å². The fourth-order valence-corrected chi connectivity index (χ4v) is 1.93. The van der Waals surface area contributed by atoms with Crippen molar-refractivity contribution in [3.05, 3.63) is 47.8 Å². The molecular formula is C14H18N4. The third-order valence-corrected chi connectivity index (χ3v) is 2.99. The molecule has 1 unspecified atom stereocenters. The van der Waals surface area contributed by atoms with Gasteiger partial charge in [0.05, 0.1) is 0 Å². The molecule has 0 aliphatic rings. The zero-order chi connectivity index (χ0) is 13.0. The Bertz CT molecular complexity index is 510. The normalized spacial score (nSPS) is 12.1. The highest BCUT2D eigenvalue weighted by Crippen LogP contribution is 2.23. The Morgan fingerprint density at radius 2 is 1.94 bits per heavy atom. The van der Waals surface area contributed by atoms with Gasteiger partial charge in [-0.3, -0.25) is 0 Å². The Labute approximate surface area is 107 Å². The van der Waals surface area contributed by atoms with Crippen molar-refractivity contribution in [1.29, 1.82) is 0 Å². The lowest BCUT2D eigenvalue weighted by Crippen LogP contribution is -2.11. The smallest absolute Gasteiger partial charge is 0.135 e. The van der Waals surface area contributed by atoms with Crippen LogP contribution in [0.1, 0.15) is 31.0 Å². The Balaban J connectivity index is 2.22. The number of benzene rings is 1. The van der Waals surface area contributed by atoms with Crippen molar-refractivity contribution in [3.8, 4) is 0 Å². The van der Waals surface area contributed by atoms with Crippen LogP contribution in [0, 0.1) is 0 Å². The first-order valence-corrected chi connectivity index (χ1v) is 6.13. The van der Waals surface area contributed by atoms with Crippen molar-refractivity contribution >= 4 is 11.6 Å². The second-order valence-electron chi connectivity index (χ2n) is 4.22. The molecule has 0 fully saturated rings. The molecule has 1 heterocycles. The van der Waals surface area contributed by atoms with Gasteiger partial charge < -0.3 is 11.1 Å². The summed E-state index contributed by atoms with van der Waals surface area (Å²) in [6.45, 7) is 4.15. The highest BCUT2D eigenvalue weighted by Gasteiger charge is 2.10. The van der Waals surface area contributed by atoms with Crippen LogP contribution in [0.3, 0.4) is 0 Å². The number of anilines is 2. The van der Waals surface area contributed by atoms with Gasteiger partial charge in [-0.15, -0.1) is 0 Å². The van der Waals surface area contributed by atoms with Crippen LogP contribution in [0.15, 0.2) is 36.7 Å². The van der Waals surface area contributed by atoms with Crippen LogP contribution < -0.4 is 11.1 Å². The predicted molar refractivity (Wildman–Crippen MR) is 74.3 cm³/mol. The molecule has 0 amide bonds. The minimum atomic E-state index is 0.186. The Kier molecular flexibility index (Phi) is 3.77. The van der Waals surface area contributed by atoms with Gasteiger partial charge in [-0.2, -0.15) is 0 Å². The second kappa shape index (κ2) is 5.49. The van der Waals surface area contributed by atoms with Crippen LogP contribution in [-0.4, -0.2) is 9.97 Å². The minimum absolute atomic E-state index is 0.186. The summed E-state index contributed by atoms with van der Waals surface area (Å²) in [5.41, 5.74) is 8.05. The van der Waals surface area contributed by atoms with Crippen LogP contribution in [0.2, 0.25) is 0 Å². The fourth-order valence-electron chi connectivity index (χ4n) is 1.93. The molecule has 18 heavy (non-hydrogen) atoms. The Morgan fingerprint density at radius 3 is 2.61 bits per heavy atom. The molecule has 0 radical (unpaired) electrons. The van der Waals surface area contributed by atoms with Crippen LogP contribution in [0.5, 0.6) is 0 Å². The van der Waals surface area contributed by atoms with Gasteiger partial charge >= 0.3 is 0 Å². The topological polar surface area (TPSA) is 63.8 Å². The minimum Gasteiger partial charge on any atom is -0.383 e. The van der Waals surface area contributed by atoms with E-state index in [4.69, 9.17) is 5.73 Å². The molecular weight excluding hydrogens is 224 g/mol. The lowest BCUT2D eigenvalue weighted by molar-refractivity contribution is 0.864. The third-order valence-electron chi connectivity index (χ3n) is 2.99. The molecule has 94 valence electrons. The molecule has 4 nitrogen and oxygen atoms in total. The summed E-state index contributed by atoms with van der Waals surface area (Å²) in [4.78, 5) is 8.29. The van der Waals surface area contributed by atoms with E-state index in [1.54, 1.807) is 0 Å². The van der Waals surface area contributed by atoms with Gasteiger partial charge in [-0.1, -0.05) is 37.3 Å². The van der Waals surface area contributed by atoms with Crippen LogP contribution in [-0.2, 0) is 6.42 Å². The van der Waals surface area contributed by atoms with E-state index in [0.717, 1.165) is 17.8 Å². The summed E-state index contributed by atoms with van der Waals surface area (Å²) in [6.07, 6.45) is 2.31. The monoisotopic (exact) mass is 242 g/mol. The summed E-state index contributed by atoms with van der Waals surface area (Å²) in [7, 11) is 0. The molecule has 0 saturated carbocycles. The number of hydrogen-bond donors (Lipinski definition) is 2. The van der Waals surface area contributed by atoms with E-state index < -0.39 is 0 Å². The standard InChI is InChI=1S/C14H18N4/c1-3-12-13(15)16-9-17-14(12)18-10(2)11-7-5-4-6-8-11/h4-10H,3H2,1-2H3,(H3,15,16,17,18). The quantitative estimate of drug-likeness (QED) is 0.865. The number of nitrogens with zero attached hydrogens (tertiary/aromatic N) is 2. The summed E-state index contributed by atoms with van der Waals surface area (Å²) in [6, 6.07) is 10.4. The van der Waals surface area contributed by atoms with E-state index in [1.807, 2.05) is 25.1 Å². The zero-order valence-electron chi connectivity index (χ0n) is 10.7. The maximum Gasteiger partial charge on any atom is 0.135 e. The lowest BCUT2D eigenvalue weighted by Gasteiger charge is -2.17. The molecule has 0 aliphatic carbocycles. The van der Waals surface area contributed by atoms with E-state index in [0.29, 0.717) is 5.82 Å². The Hall–Kier alpha value is -2.10. The first-order chi connectivity index (χ1) is 8.72. The zero-order valence-corrected chi connectivity index (χ0v) is 10.7. The highest BCUT2D eigenvalue weighted by molar-refractivity contribution is 5.55. The largest absolute Gasteiger partial charge is 0.383 e. The SMILES string of the molecule is CCc1c(N)ncnc1NC(C)c1ccccc1. The van der Waals surface area contributed by atoms with E-state index >= 15 is 0 Å². The molecule has 2 aromatic rings. The highest BCUT2D eigenvalue weighted by atomic mass is 15.1. The average Bonchev–Trinajstić information content (AvgIpc) is 2.40. The molecule has 0 bridgehead atoms. The number of nitrogens with one attached hydrogen (secondary N) is 1. The van der Waals surface area contributed by atoms with Gasteiger partial charge in [-0.05, 0) is 18.9 Å². The number of rotatable bonds is 4. The van der Waals surface area contributed by atoms with Crippen LogP contribution in [0.25, 0.3) is 0 Å². The number of nitrogen functional groups attached to an aromatic ring is 1. The molecule has 3 N–H and O–H groups in total. The number of aromatic nitrogens is 2. The van der Waals surface area contributed by atoms with Gasteiger partial charge in [0, 0.05) is 11.6 Å². The molecule has 0 spiro atoms. The molecule has 0 saturated heterocycles. The predicted octanol–water partition coefficient (Wildman–Crippen LogP) is 2.79. The maximum absolute atomic E-state index is 5.86. The van der Waals surface area contributed by atoms with E-state index in [2.05, 4.69) is 34.3 Å². The lowest BCUT2D eigenvalue weighted by atomic mass is 10.1. The van der Waals surface area contributed by atoms with E-state index in [-0.39, 0.29) is 6.04 Å². The van der Waals surface area contributed by atoms with E-state index in [9.17, 15) is 0 Å². The van der Waals surface area contributed by atoms with Gasteiger partial charge in [-0.25, -0.2) is 9.97 Å². The van der Waals surface area contributed by atoms with E-state index in [1.165, 1.54) is 11.9 Å². The molecule has 0 aliphatic heterocycles. The number of nitrogens with two attached hydrogens (primary N) is 1. The molecule has 2 rings (SSSR count). The fraction of sp³-hybridized carbons (Fsp3) is 0.286. The number of hydrogen-bond acceptors (Lipinski definition) is 4. The summed E-state index contributed by atoms with van der Waals surface area (Å²) in [5.74, 6) is 1.37. The summed E-state index contributed by atoms with van der Waals surface area (Å²) >= 11 is 0. The van der Waals surface area contributed by atoms with Gasteiger partial charge in [0.25, 0.3) is 0 Å². The third kappa shape index (κ3) is 2.59. The molecule has 1 aromatic heterocycles. The van der Waals surface area contributed by atoms with Crippen molar-refractivity contribution in [3.63, 3.8) is 0 Å². The second-order valence-corrected chi connectivity index (χ2v) is 4.22. The molecule has 4 heteroatoms. The van der Waals surface area contributed by atoms with Crippen molar-refractivity contribution in [2.75, 3.05) is 11.1 Å². The summed E-state index contributed by atoms with van der Waals surface area (Å²) < 4.78 is 0. The first kappa shape index (κ1) is 12.4. The summed E-state index contributed by atoms with van der Waals surface area (Å²) in [5, 5.41) is 3.39.